The number of hydrogen-bond donors (Lipinski definition) is 1. The van der Waals surface area contributed by atoms with Gasteiger partial charge < -0.3 is 14.7 Å². The van der Waals surface area contributed by atoms with Crippen molar-refractivity contribution in [1.29, 1.82) is 0 Å². The fraction of sp³-hybridized carbons (Fsp3) is 0.286. The first-order valence-corrected chi connectivity index (χ1v) is 12.1. The minimum absolute atomic E-state index is 0.186. The van der Waals surface area contributed by atoms with Crippen LogP contribution in [0.25, 0.3) is 22.0 Å². The van der Waals surface area contributed by atoms with Gasteiger partial charge in [0.2, 0.25) is 5.88 Å². The van der Waals surface area contributed by atoms with Gasteiger partial charge >= 0.3 is 6.16 Å². The summed E-state index contributed by atoms with van der Waals surface area (Å²) >= 11 is 0. The maximum Gasteiger partial charge on any atom is 0.512 e. The topological polar surface area (TPSA) is 88.4 Å². The fourth-order valence-corrected chi connectivity index (χ4v) is 5.08. The molecule has 2 aromatic carbocycles. The third-order valence-electron chi connectivity index (χ3n) is 6.91. The first-order chi connectivity index (χ1) is 17.2. The van der Waals surface area contributed by atoms with E-state index in [4.69, 9.17) is 4.74 Å². The van der Waals surface area contributed by atoms with E-state index in [-0.39, 0.29) is 5.88 Å². The standard InChI is InChI=1S/C28H26N4O3/c33-28(34)35-27-23(22(10-11-29-27)19-6-7-19)15-18-4-3-5-20(14-18)21-8-9-25-24(16-21)26(31-17-30-25)32-12-1-2-13-32/h3-5,8-11,14,16-17,19H,1-2,6-7,12-13,15H2,(H,33,34). The van der Waals surface area contributed by atoms with Crippen molar-refractivity contribution in [2.24, 2.45) is 0 Å². The second kappa shape index (κ2) is 8.98. The van der Waals surface area contributed by atoms with Crippen LogP contribution in [0.3, 0.4) is 0 Å². The highest BCUT2D eigenvalue weighted by Crippen LogP contribution is 2.44. The number of fused-ring (bicyclic) bond motifs is 1. The van der Waals surface area contributed by atoms with Gasteiger partial charge in [0.05, 0.1) is 5.52 Å². The lowest BCUT2D eigenvalue weighted by Gasteiger charge is -2.18. The molecule has 2 aliphatic rings. The van der Waals surface area contributed by atoms with E-state index in [2.05, 4.69) is 56.3 Å². The number of nitrogens with zero attached hydrogens (tertiary/aromatic N) is 4. The lowest BCUT2D eigenvalue weighted by molar-refractivity contribution is 0.142. The number of rotatable bonds is 6. The summed E-state index contributed by atoms with van der Waals surface area (Å²) in [4.78, 5) is 26.9. The maximum atomic E-state index is 11.3. The van der Waals surface area contributed by atoms with Gasteiger partial charge in [0, 0.05) is 36.7 Å². The Hall–Kier alpha value is -4.00. The van der Waals surface area contributed by atoms with Crippen LogP contribution in [0.2, 0.25) is 0 Å². The van der Waals surface area contributed by atoms with E-state index >= 15 is 0 Å². The molecule has 0 radical (unpaired) electrons. The van der Waals surface area contributed by atoms with Crippen LogP contribution < -0.4 is 9.64 Å². The van der Waals surface area contributed by atoms with E-state index < -0.39 is 6.16 Å². The van der Waals surface area contributed by atoms with Crippen LogP contribution in [0.5, 0.6) is 5.88 Å². The molecule has 2 fully saturated rings. The van der Waals surface area contributed by atoms with Gasteiger partial charge in [0.15, 0.2) is 0 Å². The minimum Gasteiger partial charge on any atom is -0.449 e. The van der Waals surface area contributed by atoms with Crippen LogP contribution in [-0.2, 0) is 6.42 Å². The lowest BCUT2D eigenvalue weighted by Crippen LogP contribution is -2.19. The molecule has 6 rings (SSSR count). The van der Waals surface area contributed by atoms with Crippen molar-refractivity contribution in [3.8, 4) is 17.0 Å². The number of ether oxygens (including phenoxy) is 1. The van der Waals surface area contributed by atoms with E-state index in [1.54, 1.807) is 12.5 Å². The fourth-order valence-electron chi connectivity index (χ4n) is 5.08. The molecule has 1 saturated heterocycles. The average Bonchev–Trinajstić information content (AvgIpc) is 3.57. The maximum absolute atomic E-state index is 11.3. The van der Waals surface area contributed by atoms with Crippen molar-refractivity contribution in [3.63, 3.8) is 0 Å². The Kier molecular flexibility index (Phi) is 5.52. The Balaban J connectivity index is 1.36. The van der Waals surface area contributed by atoms with Crippen LogP contribution in [0.1, 0.15) is 48.3 Å². The van der Waals surface area contributed by atoms with Gasteiger partial charge in [-0.1, -0.05) is 30.3 Å². The zero-order valence-electron chi connectivity index (χ0n) is 19.4. The predicted molar refractivity (Wildman–Crippen MR) is 134 cm³/mol. The van der Waals surface area contributed by atoms with Crippen molar-refractivity contribution in [2.75, 3.05) is 18.0 Å². The number of hydrogen-bond acceptors (Lipinski definition) is 6. The molecule has 7 heteroatoms. The van der Waals surface area contributed by atoms with Crippen molar-refractivity contribution < 1.29 is 14.6 Å². The normalized spacial score (nSPS) is 15.5. The number of carboxylic acid groups (broad SMARTS) is 1. The molecule has 0 atom stereocenters. The molecule has 3 heterocycles. The van der Waals surface area contributed by atoms with Gasteiger partial charge in [-0.15, -0.1) is 0 Å². The first kappa shape index (κ1) is 21.5. The largest absolute Gasteiger partial charge is 0.512 e. The molecule has 1 aliphatic heterocycles. The van der Waals surface area contributed by atoms with Crippen molar-refractivity contribution >= 4 is 22.9 Å². The highest BCUT2D eigenvalue weighted by molar-refractivity contribution is 5.93. The molecule has 0 bridgehead atoms. The van der Waals surface area contributed by atoms with Gasteiger partial charge in [-0.05, 0) is 72.1 Å². The first-order valence-electron chi connectivity index (χ1n) is 12.1. The van der Waals surface area contributed by atoms with Crippen LogP contribution in [-0.4, -0.2) is 39.3 Å². The summed E-state index contributed by atoms with van der Waals surface area (Å²) in [7, 11) is 0. The van der Waals surface area contributed by atoms with Gasteiger partial charge in [-0.3, -0.25) is 0 Å². The Bertz CT molecular complexity index is 1410. The lowest BCUT2D eigenvalue weighted by atomic mass is 9.95. The van der Waals surface area contributed by atoms with Crippen molar-refractivity contribution in [3.05, 3.63) is 77.7 Å². The summed E-state index contributed by atoms with van der Waals surface area (Å²) in [5.74, 6) is 1.65. The molecule has 1 N–H and O–H groups in total. The molecule has 0 amide bonds. The summed E-state index contributed by atoms with van der Waals surface area (Å²) < 4.78 is 5.05. The molecule has 7 nitrogen and oxygen atoms in total. The quantitative estimate of drug-likeness (QED) is 0.358. The molecule has 0 spiro atoms. The van der Waals surface area contributed by atoms with Crippen molar-refractivity contribution in [1.82, 2.24) is 15.0 Å². The zero-order valence-corrected chi connectivity index (χ0v) is 19.4. The van der Waals surface area contributed by atoms with Gasteiger partial charge in [0.25, 0.3) is 0 Å². The molecule has 176 valence electrons. The Morgan fingerprint density at radius 3 is 2.63 bits per heavy atom. The predicted octanol–water partition coefficient (Wildman–Crippen LogP) is 5.82. The molecule has 1 saturated carbocycles. The summed E-state index contributed by atoms with van der Waals surface area (Å²) in [6.07, 6.45) is 7.12. The van der Waals surface area contributed by atoms with E-state index in [0.717, 1.165) is 70.5 Å². The highest BCUT2D eigenvalue weighted by Gasteiger charge is 2.28. The summed E-state index contributed by atoms with van der Waals surface area (Å²) in [5, 5.41) is 10.3. The smallest absolute Gasteiger partial charge is 0.449 e. The van der Waals surface area contributed by atoms with E-state index in [1.807, 2.05) is 12.1 Å². The van der Waals surface area contributed by atoms with Crippen LogP contribution >= 0.6 is 0 Å². The van der Waals surface area contributed by atoms with Crippen LogP contribution in [0.4, 0.5) is 10.6 Å². The van der Waals surface area contributed by atoms with Gasteiger partial charge in [-0.2, -0.15) is 0 Å². The molecular weight excluding hydrogens is 440 g/mol. The number of benzene rings is 2. The zero-order chi connectivity index (χ0) is 23.8. The number of carbonyl (C=O) groups is 1. The summed E-state index contributed by atoms with van der Waals surface area (Å²) in [6, 6.07) is 16.7. The molecule has 4 aromatic rings. The van der Waals surface area contributed by atoms with E-state index in [1.165, 1.54) is 12.8 Å². The second-order valence-electron chi connectivity index (χ2n) is 9.33. The third-order valence-corrected chi connectivity index (χ3v) is 6.91. The minimum atomic E-state index is -1.34. The Morgan fingerprint density at radius 2 is 1.83 bits per heavy atom. The molecule has 0 unspecified atom stereocenters. The summed E-state index contributed by atoms with van der Waals surface area (Å²) in [5.41, 5.74) is 6.22. The number of pyridine rings is 1. The molecule has 1 aliphatic carbocycles. The Labute approximate surface area is 203 Å². The molecule has 35 heavy (non-hydrogen) atoms. The molecular formula is C28H26N4O3. The SMILES string of the molecule is O=C(O)Oc1nccc(C2CC2)c1Cc1cccc(-c2ccc3ncnc(N4CCCC4)c3c2)c1. The third kappa shape index (κ3) is 4.41. The second-order valence-corrected chi connectivity index (χ2v) is 9.33. The highest BCUT2D eigenvalue weighted by atomic mass is 16.7. The number of aromatic nitrogens is 3. The number of anilines is 1. The van der Waals surface area contributed by atoms with Crippen molar-refractivity contribution in [2.45, 2.75) is 38.0 Å². The van der Waals surface area contributed by atoms with E-state index in [0.29, 0.717) is 12.3 Å². The van der Waals surface area contributed by atoms with Crippen LogP contribution in [0, 0.1) is 0 Å². The monoisotopic (exact) mass is 466 g/mol. The van der Waals surface area contributed by atoms with Gasteiger partial charge in [-0.25, -0.2) is 19.7 Å². The van der Waals surface area contributed by atoms with E-state index in [9.17, 15) is 9.90 Å². The van der Waals surface area contributed by atoms with Gasteiger partial charge in [0.1, 0.15) is 12.1 Å². The molecule has 2 aromatic heterocycles. The van der Waals surface area contributed by atoms with Crippen LogP contribution in [0.15, 0.2) is 61.1 Å². The summed E-state index contributed by atoms with van der Waals surface area (Å²) in [6.45, 7) is 2.06. The Morgan fingerprint density at radius 1 is 1.00 bits per heavy atom. The average molecular weight is 467 g/mol.